The molecule has 1 rings (SSSR count). The fraction of sp³-hybridized carbons (Fsp3) is 0.696. The largest absolute Gasteiger partial charge is 0.461 e. The minimum atomic E-state index is -0.506. The fourth-order valence-electron chi connectivity index (χ4n) is 2.72. The number of nitrogens with zero attached hydrogens (tertiary/aromatic N) is 1. The number of esters is 2. The molecule has 1 atom stereocenters. The Morgan fingerprint density at radius 3 is 1.96 bits per heavy atom. The van der Waals surface area contributed by atoms with E-state index in [-0.39, 0.29) is 11.4 Å². The van der Waals surface area contributed by atoms with E-state index < -0.39 is 11.9 Å². The second-order valence-corrected chi connectivity index (χ2v) is 7.48. The number of hydrogen-bond acceptors (Lipinski definition) is 5. The van der Waals surface area contributed by atoms with E-state index >= 15 is 0 Å². The van der Waals surface area contributed by atoms with Crippen molar-refractivity contribution in [1.29, 1.82) is 0 Å². The lowest BCUT2D eigenvalue weighted by atomic mass is 10.1. The molecule has 0 bridgehead atoms. The Balaban J connectivity index is 2.25. The fourth-order valence-corrected chi connectivity index (χ4v) is 2.72. The number of hydrogen-bond donors (Lipinski definition) is 0. The Morgan fingerprint density at radius 2 is 1.39 bits per heavy atom. The topological polar surface area (TPSA) is 65.5 Å². The van der Waals surface area contributed by atoms with Gasteiger partial charge in [0.2, 0.25) is 0 Å². The maximum atomic E-state index is 12.1. The molecule has 1 aromatic rings. The van der Waals surface area contributed by atoms with Crippen LogP contribution in [0.5, 0.6) is 0 Å². The van der Waals surface area contributed by atoms with Crippen molar-refractivity contribution in [2.24, 2.45) is 5.92 Å². The first-order valence-electron chi connectivity index (χ1n) is 10.9. The average molecular weight is 392 g/mol. The van der Waals surface area contributed by atoms with Crippen molar-refractivity contribution in [3.63, 3.8) is 0 Å². The van der Waals surface area contributed by atoms with Crippen molar-refractivity contribution in [3.05, 3.63) is 29.6 Å². The molecule has 5 heteroatoms. The van der Waals surface area contributed by atoms with Crippen LogP contribution < -0.4 is 0 Å². The van der Waals surface area contributed by atoms with E-state index in [0.717, 1.165) is 19.3 Å². The Bertz CT molecular complexity index is 573. The van der Waals surface area contributed by atoms with Crippen molar-refractivity contribution in [2.75, 3.05) is 13.2 Å². The van der Waals surface area contributed by atoms with Crippen LogP contribution in [0.15, 0.2) is 18.2 Å². The first-order chi connectivity index (χ1) is 13.6. The van der Waals surface area contributed by atoms with E-state index in [0.29, 0.717) is 19.1 Å². The minimum absolute atomic E-state index is 0.140. The smallest absolute Gasteiger partial charge is 0.356 e. The maximum Gasteiger partial charge on any atom is 0.356 e. The summed E-state index contributed by atoms with van der Waals surface area (Å²) in [7, 11) is 0. The van der Waals surface area contributed by atoms with Gasteiger partial charge in [-0.3, -0.25) is 0 Å². The molecule has 0 amide bonds. The third-order valence-corrected chi connectivity index (χ3v) is 4.84. The van der Waals surface area contributed by atoms with Gasteiger partial charge in [0.05, 0.1) is 13.2 Å². The van der Waals surface area contributed by atoms with Crippen LogP contribution in [0.1, 0.15) is 106 Å². The molecule has 0 fully saturated rings. The van der Waals surface area contributed by atoms with Gasteiger partial charge in [-0.25, -0.2) is 14.6 Å². The van der Waals surface area contributed by atoms with E-state index in [2.05, 4.69) is 11.9 Å². The third-order valence-electron chi connectivity index (χ3n) is 4.84. The molecule has 0 radical (unpaired) electrons. The van der Waals surface area contributed by atoms with Crippen LogP contribution in [0.25, 0.3) is 0 Å². The summed E-state index contributed by atoms with van der Waals surface area (Å²) in [5.41, 5.74) is 0.287. The highest BCUT2D eigenvalue weighted by atomic mass is 16.5. The Labute approximate surface area is 170 Å². The van der Waals surface area contributed by atoms with Crippen molar-refractivity contribution in [1.82, 2.24) is 4.98 Å². The number of pyridine rings is 1. The monoisotopic (exact) mass is 391 g/mol. The van der Waals surface area contributed by atoms with Gasteiger partial charge in [-0.05, 0) is 24.5 Å². The summed E-state index contributed by atoms with van der Waals surface area (Å²) in [5.74, 6) is -0.696. The highest BCUT2D eigenvalue weighted by Gasteiger charge is 2.15. The van der Waals surface area contributed by atoms with Crippen molar-refractivity contribution in [2.45, 2.75) is 85.0 Å². The van der Waals surface area contributed by atoms with Crippen LogP contribution in [-0.2, 0) is 9.47 Å². The van der Waals surface area contributed by atoms with E-state index in [4.69, 9.17) is 9.47 Å². The zero-order valence-electron chi connectivity index (χ0n) is 17.9. The third kappa shape index (κ3) is 10.4. The molecule has 1 unspecified atom stereocenters. The summed E-state index contributed by atoms with van der Waals surface area (Å²) in [6, 6.07) is 4.74. The lowest BCUT2D eigenvalue weighted by molar-refractivity contribution is 0.0438. The van der Waals surface area contributed by atoms with E-state index in [9.17, 15) is 9.59 Å². The molecule has 0 saturated heterocycles. The molecular formula is C23H37NO4. The molecule has 0 aliphatic rings. The van der Waals surface area contributed by atoms with Crippen LogP contribution in [0.4, 0.5) is 0 Å². The van der Waals surface area contributed by atoms with Crippen LogP contribution in [0, 0.1) is 5.92 Å². The quantitative estimate of drug-likeness (QED) is 0.272. The van der Waals surface area contributed by atoms with Gasteiger partial charge >= 0.3 is 11.9 Å². The van der Waals surface area contributed by atoms with Crippen LogP contribution in [0.2, 0.25) is 0 Å². The zero-order valence-corrected chi connectivity index (χ0v) is 17.9. The average Bonchev–Trinajstić information content (AvgIpc) is 2.72. The molecule has 28 heavy (non-hydrogen) atoms. The number of unbranched alkanes of at least 4 members (excludes halogenated alkanes) is 8. The number of rotatable bonds is 15. The predicted octanol–water partition coefficient (Wildman–Crippen LogP) is 5.97. The molecule has 1 aromatic heterocycles. The summed E-state index contributed by atoms with van der Waals surface area (Å²) < 4.78 is 10.5. The normalized spacial score (nSPS) is 11.8. The molecule has 0 aromatic carbocycles. The highest BCUT2D eigenvalue weighted by molar-refractivity contribution is 5.91. The van der Waals surface area contributed by atoms with Crippen molar-refractivity contribution >= 4 is 11.9 Å². The molecular weight excluding hydrogens is 354 g/mol. The second-order valence-electron chi connectivity index (χ2n) is 7.48. The molecule has 0 N–H and O–H groups in total. The minimum Gasteiger partial charge on any atom is -0.461 e. The van der Waals surface area contributed by atoms with Crippen molar-refractivity contribution in [3.8, 4) is 0 Å². The van der Waals surface area contributed by atoms with E-state index in [1.165, 1.54) is 44.9 Å². The highest BCUT2D eigenvalue weighted by Crippen LogP contribution is 2.10. The molecule has 0 aliphatic carbocycles. The lowest BCUT2D eigenvalue weighted by Gasteiger charge is -2.09. The van der Waals surface area contributed by atoms with Gasteiger partial charge in [-0.15, -0.1) is 0 Å². The van der Waals surface area contributed by atoms with Gasteiger partial charge in [0.15, 0.2) is 0 Å². The van der Waals surface area contributed by atoms with Gasteiger partial charge in [-0.1, -0.05) is 84.6 Å². The Kier molecular flexibility index (Phi) is 13.0. The molecule has 5 nitrogen and oxygen atoms in total. The number of aromatic nitrogens is 1. The van der Waals surface area contributed by atoms with E-state index in [1.54, 1.807) is 18.2 Å². The Morgan fingerprint density at radius 1 is 0.857 bits per heavy atom. The van der Waals surface area contributed by atoms with Crippen molar-refractivity contribution < 1.29 is 19.1 Å². The van der Waals surface area contributed by atoms with Crippen LogP contribution >= 0.6 is 0 Å². The number of carbonyl (C=O) groups excluding carboxylic acids is 2. The standard InChI is InChI=1S/C23H37NO4/c1-4-6-7-8-9-10-11-12-13-17-27-22(25)20-15-14-16-21(24-20)23(26)28-18-19(3)5-2/h14-16,19H,4-13,17-18H2,1-3H3. The van der Waals surface area contributed by atoms with Crippen LogP contribution in [-0.4, -0.2) is 30.1 Å². The summed E-state index contributed by atoms with van der Waals surface area (Å²) in [4.78, 5) is 28.3. The molecule has 1 heterocycles. The summed E-state index contributed by atoms with van der Waals surface area (Å²) in [5, 5.41) is 0. The van der Waals surface area contributed by atoms with Gasteiger partial charge in [-0.2, -0.15) is 0 Å². The summed E-state index contributed by atoms with van der Waals surface area (Å²) in [6.45, 7) is 7.03. The molecule has 0 spiro atoms. The predicted molar refractivity (Wildman–Crippen MR) is 111 cm³/mol. The van der Waals surface area contributed by atoms with Gasteiger partial charge in [0, 0.05) is 0 Å². The maximum absolute atomic E-state index is 12.1. The summed E-state index contributed by atoms with van der Waals surface area (Å²) >= 11 is 0. The number of ether oxygens (including phenoxy) is 2. The SMILES string of the molecule is CCCCCCCCCCCOC(=O)c1cccc(C(=O)OCC(C)CC)n1. The van der Waals surface area contributed by atoms with Crippen LogP contribution in [0.3, 0.4) is 0 Å². The first kappa shape index (κ1) is 24.1. The second kappa shape index (κ2) is 15.1. The lowest BCUT2D eigenvalue weighted by Crippen LogP contribution is -2.15. The van der Waals surface area contributed by atoms with Gasteiger partial charge in [0.1, 0.15) is 11.4 Å². The Hall–Kier alpha value is -1.91. The summed E-state index contributed by atoms with van der Waals surface area (Å²) in [6.07, 6.45) is 11.9. The first-order valence-corrected chi connectivity index (χ1v) is 10.9. The molecule has 0 saturated carbocycles. The molecule has 158 valence electrons. The van der Waals surface area contributed by atoms with Gasteiger partial charge in [0.25, 0.3) is 0 Å². The number of carbonyl (C=O) groups is 2. The van der Waals surface area contributed by atoms with Gasteiger partial charge < -0.3 is 9.47 Å². The zero-order chi connectivity index (χ0) is 20.6. The molecule has 0 aliphatic heterocycles. The van der Waals surface area contributed by atoms with E-state index in [1.807, 2.05) is 13.8 Å².